The van der Waals surface area contributed by atoms with Crippen molar-refractivity contribution in [3.05, 3.63) is 242 Å². The van der Waals surface area contributed by atoms with Gasteiger partial charge in [0, 0.05) is 33.9 Å². The van der Waals surface area contributed by atoms with Gasteiger partial charge >= 0.3 is 0 Å². The van der Waals surface area contributed by atoms with Crippen molar-refractivity contribution in [3.63, 3.8) is 0 Å². The summed E-state index contributed by atoms with van der Waals surface area (Å²) in [7, 11) is 0. The van der Waals surface area contributed by atoms with Crippen molar-refractivity contribution < 1.29 is 10.6 Å². The zero-order valence-electron chi connectivity index (χ0n) is 46.5. The van der Waals surface area contributed by atoms with Crippen LogP contribution in [0.1, 0.15) is 68.0 Å². The SMILES string of the molecule is [2H]C([2H])(c1ccc(-c2ccnc(-c3cc(-c4ccccc4)cc(-c4cccc5c4nc(-c4cc(-c6ccccc6)cc(-c6ccccc6)c4O)n5-c4ccc(C([2H])([2H])C5CCCC5)cc4-c4ccccc4)c3)c2)cc1)C1CCCC1. The zero-order valence-corrected chi connectivity index (χ0v) is 42.5. The number of phenolic OH excluding ortho intramolecular Hbond substituents is 1. The lowest BCUT2D eigenvalue weighted by Gasteiger charge is -2.19. The molecule has 0 aliphatic heterocycles. The second-order valence-electron chi connectivity index (χ2n) is 20.6. The maximum atomic E-state index is 12.9. The van der Waals surface area contributed by atoms with Crippen LogP contribution in [0.3, 0.4) is 0 Å². The van der Waals surface area contributed by atoms with Gasteiger partial charge in [-0.3, -0.25) is 9.55 Å². The molecule has 2 aromatic heterocycles. The van der Waals surface area contributed by atoms with Crippen molar-refractivity contribution in [1.82, 2.24) is 14.5 Å². The van der Waals surface area contributed by atoms with E-state index in [2.05, 4.69) is 120 Å². The lowest BCUT2D eigenvalue weighted by Crippen LogP contribution is -2.04. The van der Waals surface area contributed by atoms with Crippen molar-refractivity contribution in [3.8, 4) is 101 Å². The molecule has 0 bridgehead atoms. The molecule has 4 heteroatoms. The second-order valence-corrected chi connectivity index (χ2v) is 20.6. The van der Waals surface area contributed by atoms with Crippen molar-refractivity contribution in [2.24, 2.45) is 11.8 Å². The van der Waals surface area contributed by atoms with Gasteiger partial charge in [-0.1, -0.05) is 215 Å². The lowest BCUT2D eigenvalue weighted by atomic mass is 9.93. The molecule has 11 aromatic rings. The monoisotopic (exact) mass is 988 g/mol. The molecule has 2 aliphatic rings. The molecule has 370 valence electrons. The number of imidazole rings is 1. The first-order chi connectivity index (χ1) is 39.1. The molecule has 9 aromatic carbocycles. The van der Waals surface area contributed by atoms with Gasteiger partial charge in [0.25, 0.3) is 0 Å². The summed E-state index contributed by atoms with van der Waals surface area (Å²) in [5, 5.41) is 12.9. The second kappa shape index (κ2) is 21.0. The summed E-state index contributed by atoms with van der Waals surface area (Å²) in [4.78, 5) is 10.7. The summed E-state index contributed by atoms with van der Waals surface area (Å²) in [6, 6.07) is 76.2. The Morgan fingerprint density at radius 3 is 1.58 bits per heavy atom. The molecule has 0 radical (unpaired) electrons. The Bertz CT molecular complexity index is 4020. The van der Waals surface area contributed by atoms with E-state index in [1.807, 2.05) is 115 Å². The fourth-order valence-corrected chi connectivity index (χ4v) is 11.7. The third kappa shape index (κ3) is 9.56. The highest BCUT2D eigenvalue weighted by atomic mass is 16.3. The molecule has 0 atom stereocenters. The summed E-state index contributed by atoms with van der Waals surface area (Å²) >= 11 is 0. The quantitative estimate of drug-likeness (QED) is 0.125. The number of nitrogens with zero attached hydrogens (tertiary/aromatic N) is 3. The Labute approximate surface area is 452 Å². The van der Waals surface area contributed by atoms with E-state index in [1.54, 1.807) is 0 Å². The van der Waals surface area contributed by atoms with Crippen LogP contribution in [0.2, 0.25) is 0 Å². The summed E-state index contributed by atoms with van der Waals surface area (Å²) in [6.45, 7) is 0. The first-order valence-corrected chi connectivity index (χ1v) is 27.1. The highest BCUT2D eigenvalue weighted by molar-refractivity contribution is 5.99. The van der Waals surface area contributed by atoms with Crippen LogP contribution in [-0.2, 0) is 12.7 Å². The minimum atomic E-state index is -1.54. The van der Waals surface area contributed by atoms with E-state index in [4.69, 9.17) is 12.7 Å². The number of rotatable bonds is 13. The van der Waals surface area contributed by atoms with Crippen LogP contribution in [0, 0.1) is 11.8 Å². The van der Waals surface area contributed by atoms with E-state index >= 15 is 0 Å². The van der Waals surface area contributed by atoms with E-state index in [1.165, 1.54) is 0 Å². The minimum absolute atomic E-state index is 0.0437. The first-order valence-electron chi connectivity index (χ1n) is 29.1. The van der Waals surface area contributed by atoms with E-state index in [9.17, 15) is 7.85 Å². The summed E-state index contributed by atoms with van der Waals surface area (Å²) in [5.74, 6) is 0.618. The standard InChI is InChI=1S/C72H61N3O/c76-71-65(57-28-11-4-12-29-57)46-60(54-24-7-2-8-25-54)47-66(71)72-74-70-63(30-17-31-69(70)75(72)68-37-34-52(41-50-20-15-16-21-50)42-64(68)56-26-9-3-10-27-56)61-43-59(53-22-5-1-6-23-53)44-62(45-61)67-48-58(38-39-73-67)55-35-32-51(33-36-55)40-49-18-13-14-19-49/h1-12,17,22-39,42-50,76H,13-16,18-21,40-41H2/i40D2,41D2. The third-order valence-corrected chi connectivity index (χ3v) is 15.6. The van der Waals surface area contributed by atoms with Gasteiger partial charge in [-0.2, -0.15) is 0 Å². The number of aromatic nitrogens is 3. The predicted molar refractivity (Wildman–Crippen MR) is 315 cm³/mol. The van der Waals surface area contributed by atoms with Crippen LogP contribution < -0.4 is 0 Å². The average Bonchev–Trinajstić information content (AvgIpc) is 4.35. The number of para-hydroxylation sites is 1. The number of phenols is 1. The van der Waals surface area contributed by atoms with Crippen molar-refractivity contribution in [2.75, 3.05) is 0 Å². The van der Waals surface area contributed by atoms with E-state index in [-0.39, 0.29) is 17.6 Å². The Morgan fingerprint density at radius 2 is 0.934 bits per heavy atom. The Kier molecular flexibility index (Phi) is 11.8. The Hall–Kier alpha value is -8.60. The largest absolute Gasteiger partial charge is 0.507 e. The molecule has 2 aliphatic carbocycles. The van der Waals surface area contributed by atoms with Gasteiger partial charge in [0.05, 0.1) is 28.0 Å². The van der Waals surface area contributed by atoms with Crippen LogP contribution in [0.4, 0.5) is 0 Å². The number of benzene rings is 9. The number of hydrogen-bond acceptors (Lipinski definition) is 3. The normalized spacial score (nSPS) is 15.1. The van der Waals surface area contributed by atoms with Crippen LogP contribution >= 0.6 is 0 Å². The lowest BCUT2D eigenvalue weighted by molar-refractivity contribution is 0.479. The molecule has 2 saturated carbocycles. The maximum Gasteiger partial charge on any atom is 0.149 e. The van der Waals surface area contributed by atoms with Gasteiger partial charge in [-0.15, -0.1) is 0 Å². The van der Waals surface area contributed by atoms with Gasteiger partial charge in [0.15, 0.2) is 0 Å². The number of aromatic hydroxyl groups is 1. The van der Waals surface area contributed by atoms with Gasteiger partial charge < -0.3 is 5.11 Å². The molecule has 76 heavy (non-hydrogen) atoms. The molecule has 0 saturated heterocycles. The van der Waals surface area contributed by atoms with Crippen molar-refractivity contribution in [2.45, 2.75) is 64.1 Å². The Balaban J connectivity index is 1.03. The summed E-state index contributed by atoms with van der Waals surface area (Å²) < 4.78 is 39.5. The fourth-order valence-electron chi connectivity index (χ4n) is 11.7. The van der Waals surface area contributed by atoms with E-state index in [0.29, 0.717) is 22.5 Å². The predicted octanol–water partition coefficient (Wildman–Crippen LogP) is 18.9. The number of fused-ring (bicyclic) bond motifs is 1. The molecule has 2 heterocycles. The average molecular weight is 988 g/mol. The summed E-state index contributed by atoms with van der Waals surface area (Å²) in [5.41, 5.74) is 17.2. The van der Waals surface area contributed by atoms with Gasteiger partial charge in [-0.05, 0) is 146 Å². The van der Waals surface area contributed by atoms with Crippen LogP contribution in [-0.4, -0.2) is 19.6 Å². The van der Waals surface area contributed by atoms with Crippen molar-refractivity contribution >= 4 is 11.0 Å². The molecule has 0 unspecified atom stereocenters. The van der Waals surface area contributed by atoms with Crippen LogP contribution in [0.5, 0.6) is 5.75 Å². The smallest absolute Gasteiger partial charge is 0.149 e. The molecule has 4 nitrogen and oxygen atoms in total. The van der Waals surface area contributed by atoms with Crippen molar-refractivity contribution in [1.29, 1.82) is 0 Å². The van der Waals surface area contributed by atoms with Gasteiger partial charge in [0.1, 0.15) is 11.6 Å². The number of pyridine rings is 1. The molecule has 0 spiro atoms. The number of hydrogen-bond donors (Lipinski definition) is 1. The third-order valence-electron chi connectivity index (χ3n) is 15.6. The van der Waals surface area contributed by atoms with Crippen LogP contribution in [0.25, 0.3) is 106 Å². The highest BCUT2D eigenvalue weighted by Gasteiger charge is 2.26. The minimum Gasteiger partial charge on any atom is -0.507 e. The molecular formula is C72H61N3O. The topological polar surface area (TPSA) is 50.9 Å². The fraction of sp³-hybridized carbons (Fsp3) is 0.167. The molecule has 1 N–H and O–H groups in total. The summed E-state index contributed by atoms with van der Waals surface area (Å²) in [6.07, 6.45) is 6.77. The molecular weight excluding hydrogens is 923 g/mol. The highest BCUT2D eigenvalue weighted by Crippen LogP contribution is 2.46. The molecule has 13 rings (SSSR count). The van der Waals surface area contributed by atoms with Crippen LogP contribution in [0.15, 0.2) is 231 Å². The van der Waals surface area contributed by atoms with E-state index < -0.39 is 12.7 Å². The molecule has 0 amide bonds. The maximum absolute atomic E-state index is 12.9. The first kappa shape index (κ1) is 42.7. The Morgan fingerprint density at radius 1 is 0.408 bits per heavy atom. The molecule has 2 fully saturated rings. The van der Waals surface area contributed by atoms with Gasteiger partial charge in [-0.25, -0.2) is 4.98 Å². The zero-order chi connectivity index (χ0) is 54.4. The van der Waals surface area contributed by atoms with E-state index in [0.717, 1.165) is 146 Å². The van der Waals surface area contributed by atoms with Gasteiger partial charge in [0.2, 0.25) is 0 Å².